The lowest BCUT2D eigenvalue weighted by Crippen LogP contribution is -2.54. The molecule has 8 nitrogen and oxygen atoms in total. The minimum absolute atomic E-state index is 0.0677. The molecule has 3 atom stereocenters. The molecule has 2 fully saturated rings. The van der Waals surface area contributed by atoms with E-state index in [1.54, 1.807) is 17.4 Å². The number of aliphatic carboxylic acids is 1. The number of carboxylic acid groups (broad SMARTS) is 1. The van der Waals surface area contributed by atoms with Gasteiger partial charge in [0.2, 0.25) is 10.0 Å². The molecular weight excluding hydrogens is 417 g/mol. The number of morpholine rings is 1. The van der Waals surface area contributed by atoms with Crippen LogP contribution >= 0.6 is 0 Å². The minimum atomic E-state index is -5.08. The third kappa shape index (κ3) is 6.36. The van der Waals surface area contributed by atoms with Gasteiger partial charge in [0.05, 0.1) is 36.8 Å². The summed E-state index contributed by atoms with van der Waals surface area (Å²) in [7, 11) is -3.18. The molecule has 1 saturated heterocycles. The van der Waals surface area contributed by atoms with Gasteiger partial charge >= 0.3 is 12.1 Å². The molecule has 1 N–H and O–H groups in total. The number of nitrogens with zero attached hydrogens (tertiary/aromatic N) is 2. The number of fused-ring (bicyclic) bond motifs is 1. The van der Waals surface area contributed by atoms with Crippen LogP contribution in [0.3, 0.4) is 0 Å². The van der Waals surface area contributed by atoms with E-state index >= 15 is 0 Å². The number of pyridine rings is 1. The molecule has 1 aliphatic carbocycles. The van der Waals surface area contributed by atoms with Crippen LogP contribution in [0.15, 0.2) is 24.4 Å². The van der Waals surface area contributed by atoms with Crippen LogP contribution in [-0.4, -0.2) is 72.1 Å². The molecule has 0 aromatic carbocycles. The molecule has 164 valence electrons. The van der Waals surface area contributed by atoms with Crippen molar-refractivity contribution in [3.8, 4) is 0 Å². The van der Waals surface area contributed by atoms with Gasteiger partial charge in [-0.2, -0.15) is 17.5 Å². The second-order valence-corrected chi connectivity index (χ2v) is 8.68. The van der Waals surface area contributed by atoms with Crippen LogP contribution in [0.5, 0.6) is 0 Å². The van der Waals surface area contributed by atoms with E-state index in [0.717, 1.165) is 18.5 Å². The third-order valence-corrected chi connectivity index (χ3v) is 6.52. The summed E-state index contributed by atoms with van der Waals surface area (Å²) in [6.45, 7) is 3.00. The first-order valence-corrected chi connectivity index (χ1v) is 10.6. The van der Waals surface area contributed by atoms with Crippen LogP contribution in [0.25, 0.3) is 0 Å². The van der Waals surface area contributed by atoms with E-state index in [1.165, 1.54) is 0 Å². The van der Waals surface area contributed by atoms with Gasteiger partial charge in [0.15, 0.2) is 0 Å². The van der Waals surface area contributed by atoms with E-state index in [1.807, 2.05) is 18.2 Å². The predicted molar refractivity (Wildman–Crippen MR) is 95.4 cm³/mol. The van der Waals surface area contributed by atoms with E-state index in [2.05, 4.69) is 4.98 Å². The lowest BCUT2D eigenvalue weighted by Gasteiger charge is -2.37. The lowest BCUT2D eigenvalue weighted by molar-refractivity contribution is -0.192. The van der Waals surface area contributed by atoms with Gasteiger partial charge in [0, 0.05) is 12.7 Å². The molecule has 2 aliphatic rings. The molecule has 3 rings (SSSR count). The molecule has 0 amide bonds. The van der Waals surface area contributed by atoms with Crippen molar-refractivity contribution in [1.29, 1.82) is 0 Å². The summed E-state index contributed by atoms with van der Waals surface area (Å²) in [6, 6.07) is 5.62. The number of aromatic nitrogens is 1. The summed E-state index contributed by atoms with van der Waals surface area (Å²) in [5.74, 6) is -2.62. The number of rotatable bonds is 5. The van der Waals surface area contributed by atoms with Crippen molar-refractivity contribution in [2.75, 3.05) is 18.9 Å². The number of ether oxygens (including phenoxy) is 2. The first-order chi connectivity index (χ1) is 13.6. The molecule has 0 unspecified atom stereocenters. The summed E-state index contributed by atoms with van der Waals surface area (Å²) < 4.78 is 69.5. The predicted octanol–water partition coefficient (Wildman–Crippen LogP) is 1.81. The van der Waals surface area contributed by atoms with Gasteiger partial charge in [-0.3, -0.25) is 4.98 Å². The van der Waals surface area contributed by atoms with Gasteiger partial charge in [-0.05, 0) is 31.9 Å². The van der Waals surface area contributed by atoms with Gasteiger partial charge in [0.1, 0.15) is 6.10 Å². The molecule has 0 spiro atoms. The maximum atomic E-state index is 12.2. The third-order valence-electron chi connectivity index (χ3n) is 4.62. The Kier molecular flexibility index (Phi) is 7.97. The first-order valence-electron chi connectivity index (χ1n) is 8.99. The molecule has 29 heavy (non-hydrogen) atoms. The Morgan fingerprint density at radius 3 is 2.62 bits per heavy atom. The standard InChI is InChI=1S/C15H22N2O4S.C2HF3O2/c1-2-22(18,19)17-9-10-20-15-13(17)6-7-14(15)21-11-12-5-3-4-8-16-12;3-2(4,5)1(6)7/h3-5,8,13-15H,2,6-7,9-11H2,1H3;(H,6,7)/t13-,14+,15+;/m0./s1. The number of sulfonamides is 1. The highest BCUT2D eigenvalue weighted by Crippen LogP contribution is 2.34. The van der Waals surface area contributed by atoms with E-state index in [4.69, 9.17) is 19.4 Å². The van der Waals surface area contributed by atoms with Crippen molar-refractivity contribution in [2.45, 2.75) is 50.8 Å². The van der Waals surface area contributed by atoms with Crippen LogP contribution in [0.2, 0.25) is 0 Å². The quantitative estimate of drug-likeness (QED) is 0.744. The van der Waals surface area contributed by atoms with Gasteiger partial charge in [-0.15, -0.1) is 0 Å². The van der Waals surface area contributed by atoms with E-state index < -0.39 is 22.2 Å². The fraction of sp³-hybridized carbons (Fsp3) is 0.647. The van der Waals surface area contributed by atoms with Crippen molar-refractivity contribution >= 4 is 16.0 Å². The Hall–Kier alpha value is -1.76. The Labute approximate surface area is 166 Å². The Balaban J connectivity index is 0.000000370. The van der Waals surface area contributed by atoms with Crippen LogP contribution in [0.4, 0.5) is 13.2 Å². The number of hydrogen-bond donors (Lipinski definition) is 1. The lowest BCUT2D eigenvalue weighted by atomic mass is 10.1. The highest BCUT2D eigenvalue weighted by Gasteiger charge is 2.46. The fourth-order valence-electron chi connectivity index (χ4n) is 3.25. The van der Waals surface area contributed by atoms with Gasteiger partial charge < -0.3 is 14.6 Å². The van der Waals surface area contributed by atoms with Gasteiger partial charge in [0.25, 0.3) is 0 Å². The van der Waals surface area contributed by atoms with E-state index in [-0.39, 0.29) is 24.0 Å². The zero-order valence-electron chi connectivity index (χ0n) is 15.7. The van der Waals surface area contributed by atoms with Gasteiger partial charge in [-0.1, -0.05) is 6.07 Å². The molecule has 0 radical (unpaired) electrons. The average Bonchev–Trinajstić information content (AvgIpc) is 3.10. The number of hydrogen-bond acceptors (Lipinski definition) is 6. The summed E-state index contributed by atoms with van der Waals surface area (Å²) in [5.41, 5.74) is 0.875. The molecular formula is C17H23F3N2O6S. The summed E-state index contributed by atoms with van der Waals surface area (Å²) in [5, 5.41) is 7.12. The number of halogens is 3. The molecule has 1 aromatic rings. The average molecular weight is 440 g/mol. The highest BCUT2D eigenvalue weighted by atomic mass is 32.2. The number of alkyl halides is 3. The largest absolute Gasteiger partial charge is 0.490 e. The fourth-order valence-corrected chi connectivity index (χ4v) is 4.57. The minimum Gasteiger partial charge on any atom is -0.475 e. The maximum absolute atomic E-state index is 12.2. The van der Waals surface area contributed by atoms with Crippen LogP contribution < -0.4 is 0 Å². The summed E-state index contributed by atoms with van der Waals surface area (Å²) in [4.78, 5) is 13.1. The SMILES string of the molecule is CCS(=O)(=O)N1CCO[C@H]2[C@H](OCc3ccccn3)CC[C@@H]21.O=C(O)C(F)(F)F. The molecule has 1 aromatic heterocycles. The van der Waals surface area contributed by atoms with E-state index in [0.29, 0.717) is 19.8 Å². The molecule has 0 bridgehead atoms. The van der Waals surface area contributed by atoms with Crippen molar-refractivity contribution in [1.82, 2.24) is 9.29 Å². The smallest absolute Gasteiger partial charge is 0.475 e. The molecule has 1 saturated carbocycles. The zero-order valence-corrected chi connectivity index (χ0v) is 16.5. The number of carbonyl (C=O) groups is 1. The topological polar surface area (TPSA) is 106 Å². The highest BCUT2D eigenvalue weighted by molar-refractivity contribution is 7.89. The van der Waals surface area contributed by atoms with Crippen LogP contribution in [-0.2, 0) is 30.9 Å². The van der Waals surface area contributed by atoms with Crippen molar-refractivity contribution in [3.05, 3.63) is 30.1 Å². The summed E-state index contributed by atoms with van der Waals surface area (Å²) in [6.07, 6.45) is -1.97. The molecule has 12 heteroatoms. The zero-order chi connectivity index (χ0) is 21.7. The van der Waals surface area contributed by atoms with Crippen molar-refractivity contribution in [2.24, 2.45) is 0 Å². The second-order valence-electron chi connectivity index (χ2n) is 6.46. The second kappa shape index (κ2) is 9.83. The van der Waals surface area contributed by atoms with Crippen molar-refractivity contribution < 1.29 is 41.0 Å². The normalized spacial score (nSPS) is 25.0. The van der Waals surface area contributed by atoms with Gasteiger partial charge in [-0.25, -0.2) is 13.2 Å². The maximum Gasteiger partial charge on any atom is 0.490 e. The van der Waals surface area contributed by atoms with Crippen LogP contribution in [0.1, 0.15) is 25.5 Å². The Morgan fingerprint density at radius 2 is 2.07 bits per heavy atom. The number of carboxylic acids is 1. The molecule has 2 heterocycles. The van der Waals surface area contributed by atoms with Crippen LogP contribution in [0, 0.1) is 0 Å². The summed E-state index contributed by atoms with van der Waals surface area (Å²) >= 11 is 0. The van der Waals surface area contributed by atoms with E-state index in [9.17, 15) is 21.6 Å². The Morgan fingerprint density at radius 1 is 1.38 bits per heavy atom. The van der Waals surface area contributed by atoms with Crippen molar-refractivity contribution in [3.63, 3.8) is 0 Å². The monoisotopic (exact) mass is 440 g/mol. The Bertz CT molecular complexity index is 775. The molecule has 1 aliphatic heterocycles. The first kappa shape index (κ1) is 23.5.